The van der Waals surface area contributed by atoms with E-state index in [2.05, 4.69) is 31.3 Å². The molecule has 440 valence electrons. The molecule has 0 aliphatic rings. The van der Waals surface area contributed by atoms with E-state index < -0.39 is 12.1 Å². The van der Waals surface area contributed by atoms with Gasteiger partial charge in [0.1, 0.15) is 0 Å². The first-order valence-corrected chi connectivity index (χ1v) is 33.9. The molecule has 0 spiro atoms. The van der Waals surface area contributed by atoms with Gasteiger partial charge >= 0.3 is 5.97 Å². The van der Waals surface area contributed by atoms with Crippen LogP contribution in [0.25, 0.3) is 0 Å². The number of carbonyl (C=O) groups is 2. The van der Waals surface area contributed by atoms with E-state index in [1.807, 2.05) is 0 Å². The van der Waals surface area contributed by atoms with Crippen molar-refractivity contribution in [1.82, 2.24) is 5.32 Å². The van der Waals surface area contributed by atoms with E-state index in [0.717, 1.165) is 44.9 Å². The van der Waals surface area contributed by atoms with Gasteiger partial charge in [-0.25, -0.2) is 0 Å². The summed E-state index contributed by atoms with van der Waals surface area (Å²) in [5.74, 6) is -0.0165. The Labute approximate surface area is 463 Å². The van der Waals surface area contributed by atoms with Gasteiger partial charge in [-0.1, -0.05) is 334 Å². The van der Waals surface area contributed by atoms with Crippen LogP contribution in [0, 0.1) is 0 Å². The van der Waals surface area contributed by atoms with Crippen molar-refractivity contribution in [3.05, 3.63) is 12.2 Å². The monoisotopic (exact) mass is 1040 g/mol. The number of esters is 1. The number of unbranched alkanes of at least 4 members (excludes halogenated alkanes) is 51. The SMILES string of the molecule is CCCCCCCCC/C=C\CCCCCCCC(=O)OCCCCCCCCCCCCCCCCCCCCCCCCCCCCCCCCCCC(=O)NC(CO)C(O)CCCCCCCCCCC. The number of carbonyl (C=O) groups excluding carboxylic acids is 2. The number of amides is 1. The molecule has 0 aromatic rings. The van der Waals surface area contributed by atoms with Crippen molar-refractivity contribution in [2.24, 2.45) is 0 Å². The Kier molecular flexibility index (Phi) is 62.9. The van der Waals surface area contributed by atoms with Gasteiger partial charge in [0.05, 0.1) is 25.4 Å². The summed E-state index contributed by atoms with van der Waals surface area (Å²) < 4.78 is 5.50. The molecule has 3 N–H and O–H groups in total. The van der Waals surface area contributed by atoms with Crippen LogP contribution in [0.1, 0.15) is 386 Å². The summed E-state index contributed by atoms with van der Waals surface area (Å²) in [6, 6.07) is -0.535. The summed E-state index contributed by atoms with van der Waals surface area (Å²) in [6.07, 6.45) is 78.5. The van der Waals surface area contributed by atoms with E-state index in [-0.39, 0.29) is 18.5 Å². The highest BCUT2D eigenvalue weighted by atomic mass is 16.5. The lowest BCUT2D eigenvalue weighted by Gasteiger charge is -2.22. The molecule has 0 radical (unpaired) electrons. The zero-order valence-electron chi connectivity index (χ0n) is 50.4. The molecule has 0 aliphatic heterocycles. The van der Waals surface area contributed by atoms with E-state index in [1.54, 1.807) is 0 Å². The summed E-state index contributed by atoms with van der Waals surface area (Å²) in [5, 5.41) is 23.1. The standard InChI is InChI=1S/C68H133NO5/c1-3-5-7-9-11-13-14-15-16-36-39-42-46-50-54-58-62-68(73)74-63-59-55-51-47-43-40-37-34-32-30-28-26-24-22-20-18-17-19-21-23-25-27-29-31-33-35-38-41-45-49-53-57-61-67(72)69-65(64-70)66(71)60-56-52-48-44-12-10-8-6-4-2/h16,36,65-66,70-71H,3-15,17-35,37-64H2,1-2H3,(H,69,72)/b36-16-. The summed E-state index contributed by atoms with van der Waals surface area (Å²) in [4.78, 5) is 24.5. The maximum Gasteiger partial charge on any atom is 0.305 e. The molecule has 1 amide bonds. The summed E-state index contributed by atoms with van der Waals surface area (Å²) >= 11 is 0. The summed E-state index contributed by atoms with van der Waals surface area (Å²) in [7, 11) is 0. The van der Waals surface area contributed by atoms with Crippen molar-refractivity contribution < 1.29 is 24.5 Å². The largest absolute Gasteiger partial charge is 0.466 e. The Morgan fingerprint density at radius 1 is 0.365 bits per heavy atom. The summed E-state index contributed by atoms with van der Waals surface area (Å²) in [6.45, 7) is 4.96. The first-order valence-electron chi connectivity index (χ1n) is 33.9. The van der Waals surface area contributed by atoms with Gasteiger partial charge in [-0.15, -0.1) is 0 Å². The number of nitrogens with one attached hydrogen (secondary N) is 1. The Morgan fingerprint density at radius 2 is 0.635 bits per heavy atom. The van der Waals surface area contributed by atoms with Gasteiger partial charge in [0.25, 0.3) is 0 Å². The maximum atomic E-state index is 12.4. The first kappa shape index (κ1) is 72.6. The van der Waals surface area contributed by atoms with Gasteiger partial charge in [-0.2, -0.15) is 0 Å². The van der Waals surface area contributed by atoms with Crippen LogP contribution in [-0.2, 0) is 14.3 Å². The molecule has 0 aliphatic carbocycles. The van der Waals surface area contributed by atoms with Crippen LogP contribution in [0.2, 0.25) is 0 Å². The highest BCUT2D eigenvalue weighted by Crippen LogP contribution is 2.19. The van der Waals surface area contributed by atoms with Gasteiger partial charge in [-0.3, -0.25) is 9.59 Å². The molecule has 0 saturated carbocycles. The van der Waals surface area contributed by atoms with Crippen molar-refractivity contribution in [2.75, 3.05) is 13.2 Å². The number of hydrogen-bond acceptors (Lipinski definition) is 5. The van der Waals surface area contributed by atoms with Crippen LogP contribution in [0.5, 0.6) is 0 Å². The average Bonchev–Trinajstić information content (AvgIpc) is 3.40. The van der Waals surface area contributed by atoms with Crippen molar-refractivity contribution in [1.29, 1.82) is 0 Å². The minimum atomic E-state index is -0.658. The molecule has 0 aromatic heterocycles. The minimum absolute atomic E-state index is 0.0144. The normalized spacial score (nSPS) is 12.5. The van der Waals surface area contributed by atoms with Crippen molar-refractivity contribution in [3.63, 3.8) is 0 Å². The van der Waals surface area contributed by atoms with Gasteiger partial charge < -0.3 is 20.3 Å². The number of ether oxygens (including phenoxy) is 1. The second kappa shape index (κ2) is 64.1. The van der Waals surface area contributed by atoms with Crippen LogP contribution in [0.15, 0.2) is 12.2 Å². The third kappa shape index (κ3) is 59.8. The highest BCUT2D eigenvalue weighted by Gasteiger charge is 2.20. The number of allylic oxidation sites excluding steroid dienone is 2. The zero-order valence-corrected chi connectivity index (χ0v) is 50.4. The van der Waals surface area contributed by atoms with Gasteiger partial charge in [-0.05, 0) is 51.4 Å². The van der Waals surface area contributed by atoms with Crippen LogP contribution in [0.4, 0.5) is 0 Å². The molecular formula is C68H133NO5. The molecule has 0 rings (SSSR count). The number of aliphatic hydroxyl groups is 2. The Balaban J connectivity index is 3.28. The van der Waals surface area contributed by atoms with E-state index in [4.69, 9.17) is 4.74 Å². The minimum Gasteiger partial charge on any atom is -0.466 e. The molecule has 0 bridgehead atoms. The number of rotatable bonds is 64. The third-order valence-corrected chi connectivity index (χ3v) is 16.1. The molecule has 0 aromatic carbocycles. The van der Waals surface area contributed by atoms with Crippen LogP contribution >= 0.6 is 0 Å². The van der Waals surface area contributed by atoms with E-state index >= 15 is 0 Å². The molecule has 2 unspecified atom stereocenters. The molecule has 0 heterocycles. The van der Waals surface area contributed by atoms with E-state index in [0.29, 0.717) is 25.9 Å². The van der Waals surface area contributed by atoms with E-state index in [9.17, 15) is 19.8 Å². The Morgan fingerprint density at radius 3 is 0.959 bits per heavy atom. The lowest BCUT2D eigenvalue weighted by atomic mass is 10.0. The van der Waals surface area contributed by atoms with Crippen LogP contribution in [-0.4, -0.2) is 47.4 Å². The van der Waals surface area contributed by atoms with Crippen LogP contribution in [0.3, 0.4) is 0 Å². The second-order valence-electron chi connectivity index (χ2n) is 23.5. The average molecular weight is 1040 g/mol. The maximum absolute atomic E-state index is 12.4. The predicted molar refractivity (Wildman–Crippen MR) is 324 cm³/mol. The van der Waals surface area contributed by atoms with Gasteiger partial charge in [0.15, 0.2) is 0 Å². The van der Waals surface area contributed by atoms with Crippen molar-refractivity contribution >= 4 is 11.9 Å². The van der Waals surface area contributed by atoms with Crippen LogP contribution < -0.4 is 5.32 Å². The number of hydrogen-bond donors (Lipinski definition) is 3. The smallest absolute Gasteiger partial charge is 0.305 e. The molecule has 6 nitrogen and oxygen atoms in total. The fraction of sp³-hybridized carbons (Fsp3) is 0.941. The quantitative estimate of drug-likeness (QED) is 0.0320. The second-order valence-corrected chi connectivity index (χ2v) is 23.5. The fourth-order valence-corrected chi connectivity index (χ4v) is 10.9. The third-order valence-electron chi connectivity index (χ3n) is 16.1. The Hall–Kier alpha value is -1.40. The summed E-state index contributed by atoms with van der Waals surface area (Å²) in [5.41, 5.74) is 0. The first-order chi connectivity index (χ1) is 36.5. The lowest BCUT2D eigenvalue weighted by molar-refractivity contribution is -0.143. The predicted octanol–water partition coefficient (Wildman–Crippen LogP) is 21.6. The molecule has 6 heteroatoms. The number of aliphatic hydroxyl groups excluding tert-OH is 2. The van der Waals surface area contributed by atoms with Crippen molar-refractivity contribution in [2.45, 2.75) is 398 Å². The lowest BCUT2D eigenvalue weighted by Crippen LogP contribution is -2.45. The van der Waals surface area contributed by atoms with Crippen molar-refractivity contribution in [3.8, 4) is 0 Å². The topological polar surface area (TPSA) is 95.9 Å². The fourth-order valence-electron chi connectivity index (χ4n) is 10.9. The Bertz CT molecular complexity index is 1110. The van der Waals surface area contributed by atoms with Gasteiger partial charge in [0.2, 0.25) is 5.91 Å². The molecule has 2 atom stereocenters. The van der Waals surface area contributed by atoms with Gasteiger partial charge in [0, 0.05) is 12.8 Å². The van der Waals surface area contributed by atoms with E-state index in [1.165, 1.54) is 308 Å². The zero-order chi connectivity index (χ0) is 53.6. The molecular weight excluding hydrogens is 911 g/mol. The molecule has 0 fully saturated rings. The molecule has 74 heavy (non-hydrogen) atoms. The molecule has 0 saturated heterocycles. The highest BCUT2D eigenvalue weighted by molar-refractivity contribution is 5.76.